The number of Topliss-reactive ketones (excluding diaryl/α,β-unsaturated/α-hetero) is 1. The highest BCUT2D eigenvalue weighted by atomic mass is 32.1. The van der Waals surface area contributed by atoms with Gasteiger partial charge in [0.05, 0.1) is 11.5 Å². The lowest BCUT2D eigenvalue weighted by Crippen LogP contribution is -2.44. The van der Waals surface area contributed by atoms with E-state index in [1.165, 1.54) is 0 Å². The molecule has 3 aromatic rings. The fourth-order valence-electron chi connectivity index (χ4n) is 4.84. The summed E-state index contributed by atoms with van der Waals surface area (Å²) >= 11 is 5.18. The Kier molecular flexibility index (Phi) is 4.93. The number of aliphatic imine (C=N–C) groups is 1. The van der Waals surface area contributed by atoms with Crippen molar-refractivity contribution in [2.75, 3.05) is 0 Å². The highest BCUT2D eigenvalue weighted by molar-refractivity contribution is 7.71. The van der Waals surface area contributed by atoms with Gasteiger partial charge in [0, 0.05) is 18.1 Å². The number of ether oxygens (including phenoxy) is 1. The predicted octanol–water partition coefficient (Wildman–Crippen LogP) is 5.45. The van der Waals surface area contributed by atoms with Crippen molar-refractivity contribution < 1.29 is 9.53 Å². The Morgan fingerprint density at radius 2 is 1.72 bits per heavy atom. The van der Waals surface area contributed by atoms with Gasteiger partial charge < -0.3 is 9.72 Å². The molecule has 1 aliphatic carbocycles. The van der Waals surface area contributed by atoms with Crippen molar-refractivity contribution in [1.29, 1.82) is 0 Å². The molecule has 2 aliphatic rings. The van der Waals surface area contributed by atoms with Crippen LogP contribution in [-0.2, 0) is 4.79 Å². The molecule has 0 amide bonds. The summed E-state index contributed by atoms with van der Waals surface area (Å²) < 4.78 is 6.24. The van der Waals surface area contributed by atoms with Gasteiger partial charge in [-0.1, -0.05) is 44.2 Å². The van der Waals surface area contributed by atoms with E-state index in [0.29, 0.717) is 35.7 Å². The topological polar surface area (TPSA) is 87.3 Å². The van der Waals surface area contributed by atoms with Gasteiger partial charge in [-0.2, -0.15) is 0 Å². The second-order valence-corrected chi connectivity index (χ2v) is 9.61. The number of aromatic nitrogens is 2. The second-order valence-electron chi connectivity index (χ2n) is 9.20. The van der Waals surface area contributed by atoms with Crippen LogP contribution in [0.2, 0.25) is 0 Å². The average Bonchev–Trinajstić information content (AvgIpc) is 2.72. The Balaban J connectivity index is 1.65. The third-order valence-electron chi connectivity index (χ3n) is 6.07. The maximum Gasteiger partial charge on any atom is 0.257 e. The molecule has 2 heterocycles. The number of carbonyl (C=O) groups is 1. The molecule has 1 aliphatic heterocycles. The first kappa shape index (κ1) is 20.6. The molecule has 6 nitrogen and oxygen atoms in total. The lowest BCUT2D eigenvalue weighted by Gasteiger charge is -2.40. The van der Waals surface area contributed by atoms with Gasteiger partial charge in [0.25, 0.3) is 5.56 Å². The molecular formula is C25H23N3O3S. The molecule has 2 atom stereocenters. The van der Waals surface area contributed by atoms with Crippen molar-refractivity contribution in [3.05, 3.63) is 80.8 Å². The molecule has 5 rings (SSSR count). The number of para-hydroxylation sites is 1. The standard InChI is InChI=1S/C25H23N3O3S/c1-25(2)12-17-20(18(29)13-25)19(21-22(26-17)27-24(32)28-23(21)30)14-7-6-10-16(11-14)31-15-8-4-3-5-9-15/h3-11,19-20H,12-13H2,1-2H3,(H2,27,28,30,32)/t19-,20?/m1/s1. The minimum absolute atomic E-state index is 0.104. The zero-order valence-electron chi connectivity index (χ0n) is 17.8. The van der Waals surface area contributed by atoms with Crippen LogP contribution in [0.4, 0.5) is 5.82 Å². The average molecular weight is 446 g/mol. The van der Waals surface area contributed by atoms with Crippen molar-refractivity contribution in [2.24, 2.45) is 16.3 Å². The number of H-pyrrole nitrogens is 2. The van der Waals surface area contributed by atoms with E-state index in [4.69, 9.17) is 21.9 Å². The summed E-state index contributed by atoms with van der Waals surface area (Å²) in [6.07, 6.45) is 1.14. The van der Waals surface area contributed by atoms with Crippen molar-refractivity contribution in [3.63, 3.8) is 0 Å². The summed E-state index contributed by atoms with van der Waals surface area (Å²) in [5.74, 6) is 0.960. The molecule has 1 fully saturated rings. The Hall–Kier alpha value is -3.32. The van der Waals surface area contributed by atoms with E-state index in [2.05, 4.69) is 23.8 Å². The zero-order chi connectivity index (χ0) is 22.5. The first-order valence-corrected chi connectivity index (χ1v) is 11.0. The van der Waals surface area contributed by atoms with Crippen LogP contribution in [-0.4, -0.2) is 21.5 Å². The van der Waals surface area contributed by atoms with Gasteiger partial charge in [-0.15, -0.1) is 0 Å². The van der Waals surface area contributed by atoms with Gasteiger partial charge >= 0.3 is 0 Å². The van der Waals surface area contributed by atoms with Crippen LogP contribution in [0.15, 0.2) is 64.4 Å². The number of ketones is 1. The maximum absolute atomic E-state index is 13.3. The minimum Gasteiger partial charge on any atom is -0.457 e. The van der Waals surface area contributed by atoms with Crippen molar-refractivity contribution in [3.8, 4) is 11.5 Å². The van der Waals surface area contributed by atoms with Crippen LogP contribution in [0.3, 0.4) is 0 Å². The fraction of sp³-hybridized carbons (Fsp3) is 0.280. The van der Waals surface area contributed by atoms with Gasteiger partial charge in [0.1, 0.15) is 23.1 Å². The smallest absolute Gasteiger partial charge is 0.257 e. The third-order valence-corrected chi connectivity index (χ3v) is 6.28. The number of benzene rings is 2. The van der Waals surface area contributed by atoms with Gasteiger partial charge in [-0.25, -0.2) is 4.99 Å². The summed E-state index contributed by atoms with van der Waals surface area (Å²) in [7, 11) is 0. The summed E-state index contributed by atoms with van der Waals surface area (Å²) in [4.78, 5) is 36.8. The van der Waals surface area contributed by atoms with Crippen LogP contribution in [0.1, 0.15) is 43.7 Å². The summed E-state index contributed by atoms with van der Waals surface area (Å²) in [6.45, 7) is 4.14. The van der Waals surface area contributed by atoms with E-state index in [0.717, 1.165) is 11.3 Å². The SMILES string of the molecule is CC1(C)CC(=O)C2C(=Nc3[nH]c(=S)[nH]c(=O)c3[C@@H]2c2cccc(Oc3ccccc3)c2)C1. The van der Waals surface area contributed by atoms with Crippen LogP contribution in [0.5, 0.6) is 11.5 Å². The number of carbonyl (C=O) groups excluding carboxylic acids is 1. The number of aromatic amines is 2. The van der Waals surface area contributed by atoms with Crippen molar-refractivity contribution >= 4 is 29.5 Å². The molecule has 162 valence electrons. The summed E-state index contributed by atoms with van der Waals surface area (Å²) in [6, 6.07) is 17.1. The number of fused-ring (bicyclic) bond motifs is 2. The first-order valence-electron chi connectivity index (χ1n) is 10.6. The lowest BCUT2D eigenvalue weighted by molar-refractivity contribution is -0.124. The van der Waals surface area contributed by atoms with Gasteiger partial charge in [-0.3, -0.25) is 14.6 Å². The largest absolute Gasteiger partial charge is 0.457 e. The predicted molar refractivity (Wildman–Crippen MR) is 126 cm³/mol. The van der Waals surface area contributed by atoms with Gasteiger partial charge in [-0.05, 0) is 53.9 Å². The normalized spacial score (nSPS) is 21.3. The van der Waals surface area contributed by atoms with E-state index < -0.39 is 11.8 Å². The van der Waals surface area contributed by atoms with E-state index in [1.54, 1.807) is 0 Å². The Labute approximate surface area is 190 Å². The number of nitrogens with one attached hydrogen (secondary N) is 2. The van der Waals surface area contributed by atoms with Crippen LogP contribution in [0, 0.1) is 16.1 Å². The minimum atomic E-state index is -0.479. The zero-order valence-corrected chi connectivity index (χ0v) is 18.7. The van der Waals surface area contributed by atoms with Crippen LogP contribution < -0.4 is 10.3 Å². The molecule has 0 radical (unpaired) electrons. The van der Waals surface area contributed by atoms with Crippen LogP contribution >= 0.6 is 12.2 Å². The molecule has 2 N–H and O–H groups in total. The van der Waals surface area contributed by atoms with E-state index >= 15 is 0 Å². The number of hydrogen-bond acceptors (Lipinski definition) is 5. The quantitative estimate of drug-likeness (QED) is 0.525. The highest BCUT2D eigenvalue weighted by Gasteiger charge is 2.46. The Bertz CT molecular complexity index is 1350. The Morgan fingerprint density at radius 1 is 0.969 bits per heavy atom. The molecule has 2 aromatic carbocycles. The summed E-state index contributed by atoms with van der Waals surface area (Å²) in [5, 5.41) is 0. The molecule has 0 spiro atoms. The number of nitrogens with zero attached hydrogens (tertiary/aromatic N) is 1. The molecule has 1 unspecified atom stereocenters. The number of hydrogen-bond donors (Lipinski definition) is 2. The molecule has 1 saturated carbocycles. The molecule has 7 heteroatoms. The lowest BCUT2D eigenvalue weighted by atomic mass is 9.64. The fourth-order valence-corrected chi connectivity index (χ4v) is 5.03. The van der Waals surface area contributed by atoms with Gasteiger partial charge in [0.15, 0.2) is 4.77 Å². The molecule has 32 heavy (non-hydrogen) atoms. The van der Waals surface area contributed by atoms with Crippen molar-refractivity contribution in [1.82, 2.24) is 9.97 Å². The first-order chi connectivity index (χ1) is 15.3. The van der Waals surface area contributed by atoms with Gasteiger partial charge in [0.2, 0.25) is 0 Å². The van der Waals surface area contributed by atoms with E-state index in [1.807, 2.05) is 54.6 Å². The summed E-state index contributed by atoms with van der Waals surface area (Å²) in [5.41, 5.74) is 1.58. The monoisotopic (exact) mass is 445 g/mol. The van der Waals surface area contributed by atoms with Crippen LogP contribution in [0.25, 0.3) is 0 Å². The Morgan fingerprint density at radius 3 is 2.50 bits per heavy atom. The molecular weight excluding hydrogens is 422 g/mol. The molecule has 0 bridgehead atoms. The van der Waals surface area contributed by atoms with E-state index in [9.17, 15) is 9.59 Å². The van der Waals surface area contributed by atoms with E-state index in [-0.39, 0.29) is 21.5 Å². The highest BCUT2D eigenvalue weighted by Crippen LogP contribution is 2.47. The number of rotatable bonds is 3. The maximum atomic E-state index is 13.3. The molecule has 0 saturated heterocycles. The third kappa shape index (κ3) is 3.73. The van der Waals surface area contributed by atoms with Crippen molar-refractivity contribution in [2.45, 2.75) is 32.6 Å². The second kappa shape index (κ2) is 7.67. The molecule has 1 aromatic heterocycles.